The predicted molar refractivity (Wildman–Crippen MR) is 178 cm³/mol. The molecule has 0 saturated heterocycles. The lowest BCUT2D eigenvalue weighted by Gasteiger charge is -2.22. The van der Waals surface area contributed by atoms with Crippen LogP contribution in [0.5, 0.6) is 0 Å². The van der Waals surface area contributed by atoms with Crippen LogP contribution in [0.2, 0.25) is 0 Å². The second kappa shape index (κ2) is 15.0. The van der Waals surface area contributed by atoms with Crippen LogP contribution in [-0.4, -0.2) is 22.3 Å². The summed E-state index contributed by atoms with van der Waals surface area (Å²) in [5.41, 5.74) is 0.969. The maximum absolute atomic E-state index is 12.7. The number of sulfonamides is 2. The Morgan fingerprint density at radius 1 is 0.565 bits per heavy atom. The van der Waals surface area contributed by atoms with Crippen molar-refractivity contribution < 1.29 is 30.0 Å². The first-order chi connectivity index (χ1) is 21.8. The smallest absolute Gasteiger partial charge is 0.424 e. The van der Waals surface area contributed by atoms with Crippen molar-refractivity contribution in [2.45, 2.75) is 62.8 Å². The van der Waals surface area contributed by atoms with E-state index in [1.807, 2.05) is 42.5 Å². The Kier molecular flexibility index (Phi) is 11.4. The molecule has 0 heterocycles. The van der Waals surface area contributed by atoms with E-state index in [-0.39, 0.29) is 0 Å². The molecule has 8 nitrogen and oxygen atoms in total. The first-order valence-electron chi connectivity index (χ1n) is 14.8. The number of aryl methyl sites for hydroxylation is 2. The third-order valence-electron chi connectivity index (χ3n) is 6.99. The van der Waals surface area contributed by atoms with E-state index in [1.165, 1.54) is 23.3 Å². The van der Waals surface area contributed by atoms with Crippen LogP contribution in [0.25, 0.3) is 4.13 Å². The van der Waals surface area contributed by atoms with Crippen molar-refractivity contribution in [2.24, 2.45) is 0 Å². The standard InChI is InChI=1S/C33H36F3N4O4S2/c1-3-5-7-24-9-13-26(14-10-24)37-29-21-30(38-27-15-11-25(12-16-27)8-6-4-2)23-31(22-29)39-28-17-19-32(20-18-28)45(41,42)40-46(43,44)33(34,35)36/h9-23,37-39H,3-8H2,1-2H3/q-1. The minimum atomic E-state index is -6.23. The Bertz CT molecular complexity index is 1740. The van der Waals surface area contributed by atoms with E-state index < -0.39 is 30.5 Å². The van der Waals surface area contributed by atoms with Crippen LogP contribution in [0.4, 0.5) is 47.3 Å². The molecular formula is C33H36F3N4O4S2-. The third kappa shape index (κ3) is 9.71. The predicted octanol–water partition coefficient (Wildman–Crippen LogP) is 9.51. The zero-order valence-corrected chi connectivity index (χ0v) is 27.1. The van der Waals surface area contributed by atoms with Gasteiger partial charge in [0.2, 0.25) is 0 Å². The van der Waals surface area contributed by atoms with Crippen molar-refractivity contribution in [1.29, 1.82) is 0 Å². The molecule has 4 aromatic carbocycles. The average molecular weight is 674 g/mol. The van der Waals surface area contributed by atoms with Gasteiger partial charge in [-0.15, -0.1) is 0 Å². The highest BCUT2D eigenvalue weighted by atomic mass is 32.3. The van der Waals surface area contributed by atoms with Crippen LogP contribution >= 0.6 is 0 Å². The number of nitrogens with zero attached hydrogens (tertiary/aromatic N) is 1. The molecule has 0 saturated carbocycles. The van der Waals surface area contributed by atoms with Crippen LogP contribution in [0.3, 0.4) is 0 Å². The molecule has 13 heteroatoms. The van der Waals surface area contributed by atoms with Crippen molar-refractivity contribution in [3.8, 4) is 0 Å². The lowest BCUT2D eigenvalue weighted by molar-refractivity contribution is -0.0425. The van der Waals surface area contributed by atoms with Gasteiger partial charge in [0.05, 0.1) is 0 Å². The van der Waals surface area contributed by atoms with E-state index in [4.69, 9.17) is 0 Å². The Hall–Kier alpha value is -4.07. The number of anilines is 6. The number of hydrogen-bond donors (Lipinski definition) is 3. The quantitative estimate of drug-likeness (QED) is 0.115. The van der Waals surface area contributed by atoms with Crippen molar-refractivity contribution in [3.05, 3.63) is 106 Å². The second-order valence-corrected chi connectivity index (χ2v) is 14.2. The summed E-state index contributed by atoms with van der Waals surface area (Å²) < 4.78 is 87.3. The molecule has 46 heavy (non-hydrogen) atoms. The van der Waals surface area contributed by atoms with Gasteiger partial charge in [-0.2, -0.15) is 13.2 Å². The monoisotopic (exact) mass is 673 g/mol. The zero-order chi connectivity index (χ0) is 33.4. The summed E-state index contributed by atoms with van der Waals surface area (Å²) in [5.74, 6) is 0. The molecular weight excluding hydrogens is 638 g/mol. The first kappa shape index (κ1) is 34.8. The average Bonchev–Trinajstić information content (AvgIpc) is 2.99. The van der Waals surface area contributed by atoms with Crippen LogP contribution in [0.15, 0.2) is 95.9 Å². The van der Waals surface area contributed by atoms with Gasteiger partial charge in [0.1, 0.15) is 10.0 Å². The van der Waals surface area contributed by atoms with Gasteiger partial charge in [-0.05, 0) is 104 Å². The highest BCUT2D eigenvalue weighted by molar-refractivity contribution is 8.12. The summed E-state index contributed by atoms with van der Waals surface area (Å²) in [6.45, 7) is 4.31. The van der Waals surface area contributed by atoms with E-state index in [0.29, 0.717) is 11.4 Å². The van der Waals surface area contributed by atoms with Crippen molar-refractivity contribution in [2.75, 3.05) is 16.0 Å². The summed E-state index contributed by atoms with van der Waals surface area (Å²) in [6, 6.07) is 26.6. The molecule has 4 rings (SSSR count). The molecule has 3 N–H and O–H groups in total. The number of benzene rings is 4. The molecule has 0 unspecified atom stereocenters. The highest BCUT2D eigenvalue weighted by Gasteiger charge is 2.40. The molecule has 0 aliphatic carbocycles. The fraction of sp³-hybridized carbons (Fsp3) is 0.273. The molecule has 0 aromatic heterocycles. The molecule has 246 valence electrons. The van der Waals surface area contributed by atoms with E-state index in [2.05, 4.69) is 58.2 Å². The van der Waals surface area contributed by atoms with E-state index >= 15 is 0 Å². The topological polar surface area (TPSA) is 118 Å². The molecule has 0 bridgehead atoms. The van der Waals surface area contributed by atoms with E-state index in [9.17, 15) is 30.0 Å². The van der Waals surface area contributed by atoms with Crippen LogP contribution in [-0.2, 0) is 32.9 Å². The maximum atomic E-state index is 12.7. The van der Waals surface area contributed by atoms with Gasteiger partial charge < -0.3 is 20.1 Å². The van der Waals surface area contributed by atoms with Crippen LogP contribution in [0, 0.1) is 0 Å². The maximum Gasteiger partial charge on any atom is 0.480 e. The minimum Gasteiger partial charge on any atom is -0.424 e. The van der Waals surface area contributed by atoms with Crippen molar-refractivity contribution in [3.63, 3.8) is 0 Å². The Labute approximate surface area is 268 Å². The summed E-state index contributed by atoms with van der Waals surface area (Å²) >= 11 is 0. The molecule has 0 aliphatic rings. The Balaban J connectivity index is 1.57. The molecule has 0 radical (unpaired) electrons. The van der Waals surface area contributed by atoms with Gasteiger partial charge in [0.25, 0.3) is 0 Å². The lowest BCUT2D eigenvalue weighted by Crippen LogP contribution is -2.24. The Morgan fingerprint density at radius 3 is 1.24 bits per heavy atom. The molecule has 4 aromatic rings. The zero-order valence-electron chi connectivity index (χ0n) is 25.4. The van der Waals surface area contributed by atoms with Gasteiger partial charge in [0, 0.05) is 39.0 Å². The second-order valence-electron chi connectivity index (χ2n) is 10.8. The van der Waals surface area contributed by atoms with E-state index in [1.54, 1.807) is 0 Å². The molecule has 0 fully saturated rings. The van der Waals surface area contributed by atoms with Gasteiger partial charge in [-0.25, -0.2) is 16.8 Å². The number of alkyl halides is 3. The molecule has 0 aliphatic heterocycles. The number of rotatable bonds is 15. The van der Waals surface area contributed by atoms with Gasteiger partial charge in [-0.3, -0.25) is 0 Å². The minimum absolute atomic E-state index is 0.404. The van der Waals surface area contributed by atoms with E-state index in [0.717, 1.165) is 73.4 Å². The van der Waals surface area contributed by atoms with Gasteiger partial charge in [0.15, 0.2) is 10.0 Å². The van der Waals surface area contributed by atoms with Crippen LogP contribution < -0.4 is 16.0 Å². The highest BCUT2D eigenvalue weighted by Crippen LogP contribution is 2.34. The summed E-state index contributed by atoms with van der Waals surface area (Å²) in [5, 5.41) is 10.00. The summed E-state index contributed by atoms with van der Waals surface area (Å²) in [7, 11) is -11.4. The van der Waals surface area contributed by atoms with Crippen molar-refractivity contribution >= 4 is 54.2 Å². The van der Waals surface area contributed by atoms with Crippen LogP contribution in [0.1, 0.15) is 50.7 Å². The van der Waals surface area contributed by atoms with Gasteiger partial charge >= 0.3 is 5.51 Å². The SMILES string of the molecule is CCCCc1ccc(Nc2cc(Nc3ccc(CCCC)cc3)cc(Nc3ccc(S(=O)(=O)[N-]S(=O)(=O)C(F)(F)F)cc3)c2)cc1. The van der Waals surface area contributed by atoms with Crippen molar-refractivity contribution in [1.82, 2.24) is 0 Å². The fourth-order valence-corrected chi connectivity index (χ4v) is 6.74. The molecule has 0 atom stereocenters. The third-order valence-corrected chi connectivity index (χ3v) is 10.0. The summed E-state index contributed by atoms with van der Waals surface area (Å²) in [4.78, 5) is -0.701. The summed E-state index contributed by atoms with van der Waals surface area (Å²) in [6.07, 6.45) is 6.48. The number of nitrogens with one attached hydrogen (secondary N) is 3. The fourth-order valence-electron chi connectivity index (χ4n) is 4.54. The Morgan fingerprint density at radius 2 is 0.913 bits per heavy atom. The number of hydrogen-bond acceptors (Lipinski definition) is 7. The van der Waals surface area contributed by atoms with Gasteiger partial charge in [-0.1, -0.05) is 51.0 Å². The number of unbranched alkanes of at least 4 members (excludes halogenated alkanes) is 2. The molecule has 0 amide bonds. The number of halogens is 3. The normalized spacial score (nSPS) is 12.1. The molecule has 0 spiro atoms. The largest absolute Gasteiger partial charge is 0.480 e. The first-order valence-corrected chi connectivity index (χ1v) is 17.7. The lowest BCUT2D eigenvalue weighted by atomic mass is 10.1.